The Labute approximate surface area is 321 Å². The van der Waals surface area contributed by atoms with Gasteiger partial charge in [0.25, 0.3) is 11.8 Å². The van der Waals surface area contributed by atoms with Crippen LogP contribution in [0.25, 0.3) is 0 Å². The van der Waals surface area contributed by atoms with Crippen molar-refractivity contribution in [1.29, 1.82) is 0 Å². The van der Waals surface area contributed by atoms with Gasteiger partial charge < -0.3 is 33.8 Å². The zero-order valence-electron chi connectivity index (χ0n) is 32.5. The summed E-state index contributed by atoms with van der Waals surface area (Å²) < 4.78 is 46.0. The molecule has 14 heteroatoms. The molecule has 12 nitrogen and oxygen atoms in total. The number of rotatable bonds is 20. The molecule has 302 valence electrons. The third kappa shape index (κ3) is 10.4. The highest BCUT2D eigenvalue weighted by molar-refractivity contribution is 5.99. The molecule has 5 rings (SSSR count). The first-order valence-corrected chi connectivity index (χ1v) is 20.0. The molecule has 55 heavy (non-hydrogen) atoms. The highest BCUT2D eigenvalue weighted by Crippen LogP contribution is 2.46. The molecular formula is C41H56F2N4O8. The summed E-state index contributed by atoms with van der Waals surface area (Å²) in [4.78, 5) is 62.1. The van der Waals surface area contributed by atoms with E-state index in [2.05, 4.69) is 17.4 Å². The smallest absolute Gasteiger partial charge is 0.308 e. The highest BCUT2D eigenvalue weighted by Gasteiger charge is 2.55. The number of unbranched alkanes of at least 4 members (excludes halogenated alkanes) is 12. The van der Waals surface area contributed by atoms with Crippen LogP contribution in [0.4, 0.5) is 8.78 Å². The van der Waals surface area contributed by atoms with Crippen LogP contribution in [0.2, 0.25) is 0 Å². The molecule has 1 saturated heterocycles. The van der Waals surface area contributed by atoms with Gasteiger partial charge in [0.05, 0.1) is 19.6 Å². The summed E-state index contributed by atoms with van der Waals surface area (Å²) >= 11 is 0. The Kier molecular flexibility index (Phi) is 15.1. The van der Waals surface area contributed by atoms with Gasteiger partial charge in [0.1, 0.15) is 17.2 Å². The Morgan fingerprint density at radius 2 is 1.67 bits per heavy atom. The molecule has 0 unspecified atom stereocenters. The summed E-state index contributed by atoms with van der Waals surface area (Å²) in [6.07, 6.45) is 18.1. The zero-order valence-corrected chi connectivity index (χ0v) is 32.5. The van der Waals surface area contributed by atoms with Gasteiger partial charge in [-0.05, 0) is 32.3 Å². The molecule has 1 spiro atoms. The molecule has 3 aliphatic rings. The minimum absolute atomic E-state index is 0.00539. The number of ether oxygens (including phenoxy) is 3. The molecule has 1 fully saturated rings. The fraction of sp³-hybridized carbons (Fsp3) is 0.634. The van der Waals surface area contributed by atoms with E-state index in [1.165, 1.54) is 81.7 Å². The lowest BCUT2D eigenvalue weighted by Gasteiger charge is -2.42. The molecule has 4 heterocycles. The van der Waals surface area contributed by atoms with Gasteiger partial charge >= 0.3 is 5.97 Å². The molecule has 0 saturated carbocycles. The number of fused-ring (bicyclic) bond motifs is 5. The number of aromatic nitrogens is 1. The summed E-state index contributed by atoms with van der Waals surface area (Å²) in [5, 5.41) is 6.65. The second-order valence-electron chi connectivity index (χ2n) is 15.0. The van der Waals surface area contributed by atoms with Gasteiger partial charge in [0.2, 0.25) is 23.9 Å². The number of hydrogen-bond donors (Lipinski definition) is 1. The van der Waals surface area contributed by atoms with E-state index in [0.29, 0.717) is 31.2 Å². The van der Waals surface area contributed by atoms with Crippen LogP contribution in [0.15, 0.2) is 34.3 Å². The molecule has 1 aromatic carbocycles. The van der Waals surface area contributed by atoms with Crippen molar-refractivity contribution in [2.45, 2.75) is 147 Å². The van der Waals surface area contributed by atoms with Crippen LogP contribution in [0.3, 0.4) is 0 Å². The molecule has 2 aromatic rings. The van der Waals surface area contributed by atoms with Crippen LogP contribution in [-0.4, -0.2) is 65.2 Å². The van der Waals surface area contributed by atoms with E-state index in [9.17, 15) is 28.0 Å². The van der Waals surface area contributed by atoms with Crippen molar-refractivity contribution >= 4 is 23.7 Å². The number of nitrogens with one attached hydrogen (secondary N) is 1. The predicted octanol–water partition coefficient (Wildman–Crippen LogP) is 7.72. The van der Waals surface area contributed by atoms with Gasteiger partial charge in [0, 0.05) is 43.4 Å². The number of halogens is 2. The van der Waals surface area contributed by atoms with Crippen molar-refractivity contribution in [3.63, 3.8) is 0 Å². The van der Waals surface area contributed by atoms with Gasteiger partial charge in [-0.25, -0.2) is 8.78 Å². The molecule has 0 radical (unpaired) electrons. The lowest BCUT2D eigenvalue weighted by molar-refractivity contribution is -0.150. The third-order valence-corrected chi connectivity index (χ3v) is 11.1. The lowest BCUT2D eigenvalue weighted by Crippen LogP contribution is -2.52. The van der Waals surface area contributed by atoms with Gasteiger partial charge in [-0.1, -0.05) is 95.2 Å². The molecule has 3 atom stereocenters. The van der Waals surface area contributed by atoms with E-state index >= 15 is 0 Å². The average molecular weight is 771 g/mol. The van der Waals surface area contributed by atoms with E-state index in [1.807, 2.05) is 6.92 Å². The Balaban J connectivity index is 1.26. The molecule has 3 aliphatic heterocycles. The van der Waals surface area contributed by atoms with Crippen molar-refractivity contribution in [3.8, 4) is 5.75 Å². The first kappa shape index (κ1) is 41.7. The molecule has 1 aromatic heterocycles. The van der Waals surface area contributed by atoms with E-state index in [-0.39, 0.29) is 48.8 Å². The number of benzene rings is 1. The van der Waals surface area contributed by atoms with Crippen LogP contribution >= 0.6 is 0 Å². The fourth-order valence-electron chi connectivity index (χ4n) is 7.76. The number of pyridine rings is 1. The minimum Gasteiger partial charge on any atom is -0.482 e. The first-order chi connectivity index (χ1) is 26.6. The van der Waals surface area contributed by atoms with Gasteiger partial charge in [-0.15, -0.1) is 0 Å². The van der Waals surface area contributed by atoms with Crippen LogP contribution in [-0.2, 0) is 25.7 Å². The molecule has 2 amide bonds. The summed E-state index contributed by atoms with van der Waals surface area (Å²) in [6, 6.07) is 2.10. The third-order valence-electron chi connectivity index (χ3n) is 11.1. The quantitative estimate of drug-likeness (QED) is 0.0821. The number of methoxy groups -OCH3 is 1. The molecule has 0 aliphatic carbocycles. The van der Waals surface area contributed by atoms with Crippen molar-refractivity contribution in [2.75, 3.05) is 20.4 Å². The molecule has 2 bridgehead atoms. The van der Waals surface area contributed by atoms with Crippen LogP contribution < -0.4 is 15.5 Å². The van der Waals surface area contributed by atoms with E-state index in [1.54, 1.807) is 4.90 Å². The van der Waals surface area contributed by atoms with Crippen molar-refractivity contribution in [1.82, 2.24) is 14.8 Å². The highest BCUT2D eigenvalue weighted by atomic mass is 19.1. The standard InChI is InChI=1S/C41H56F2N4O8/c1-4-5-6-7-8-9-10-11-12-13-14-15-16-17-35(48)53-27-54-38-36-40(51)46-26-33(41(21-20-28(46)2)23-34(52-3)45-55-41)47(36)25-31(37(38)49)39(50)44-24-29-18-19-30(42)22-32(29)43/h18-19,22,25,28,33H,4-17,20-21,23-24,26-27H2,1-3H3,(H,44,50)/t28-,33+,41-/m0/s1. The van der Waals surface area contributed by atoms with E-state index < -0.39 is 59.0 Å². The summed E-state index contributed by atoms with van der Waals surface area (Å²) in [6.45, 7) is 3.33. The van der Waals surface area contributed by atoms with Crippen molar-refractivity contribution < 1.29 is 42.2 Å². The normalized spacial score (nSPS) is 20.1. The average Bonchev–Trinajstić information content (AvgIpc) is 3.55. The summed E-state index contributed by atoms with van der Waals surface area (Å²) in [7, 11) is 1.49. The van der Waals surface area contributed by atoms with Crippen molar-refractivity contribution in [2.24, 2.45) is 5.16 Å². The van der Waals surface area contributed by atoms with Crippen LogP contribution in [0.5, 0.6) is 5.75 Å². The number of esters is 1. The maximum atomic E-state index is 14.4. The first-order valence-electron chi connectivity index (χ1n) is 20.0. The number of nitrogens with zero attached hydrogens (tertiary/aromatic N) is 3. The maximum Gasteiger partial charge on any atom is 0.308 e. The monoisotopic (exact) mass is 770 g/mol. The van der Waals surface area contributed by atoms with Gasteiger partial charge in [0.15, 0.2) is 11.3 Å². The predicted molar refractivity (Wildman–Crippen MR) is 202 cm³/mol. The summed E-state index contributed by atoms with van der Waals surface area (Å²) in [5.41, 5.74) is -2.38. The second kappa shape index (κ2) is 19.9. The fourth-order valence-corrected chi connectivity index (χ4v) is 7.76. The van der Waals surface area contributed by atoms with Crippen LogP contribution in [0.1, 0.15) is 155 Å². The van der Waals surface area contributed by atoms with E-state index in [0.717, 1.165) is 25.3 Å². The lowest BCUT2D eigenvalue weighted by atomic mass is 9.85. The SMILES string of the molecule is CCCCCCCCCCCCCCCC(=O)OCOc1c2n(cc(C(=O)NCc3ccc(F)cc3F)c1=O)[C@@H]1CN(C2=O)[C@@H](C)CC[C@]12CC(OC)=NO2. The summed E-state index contributed by atoms with van der Waals surface area (Å²) in [5.74, 6) is -3.59. The Morgan fingerprint density at radius 1 is 1.00 bits per heavy atom. The number of carbonyl (C=O) groups excluding carboxylic acids is 3. The number of amides is 2. The maximum absolute atomic E-state index is 14.4. The Bertz CT molecular complexity index is 1750. The Morgan fingerprint density at radius 3 is 2.31 bits per heavy atom. The van der Waals surface area contributed by atoms with Gasteiger partial charge in [-0.3, -0.25) is 19.2 Å². The Hall–Kier alpha value is -4.49. The van der Waals surface area contributed by atoms with Crippen LogP contribution in [0, 0.1) is 11.6 Å². The topological polar surface area (TPSA) is 138 Å². The molecule has 1 N–H and O–H groups in total. The van der Waals surface area contributed by atoms with Gasteiger partial charge in [-0.2, -0.15) is 0 Å². The largest absolute Gasteiger partial charge is 0.482 e. The number of hydrogen-bond acceptors (Lipinski definition) is 9. The van der Waals surface area contributed by atoms with E-state index in [4.69, 9.17) is 19.0 Å². The zero-order chi connectivity index (χ0) is 39.4. The molecular weight excluding hydrogens is 714 g/mol. The second-order valence-corrected chi connectivity index (χ2v) is 15.0. The van der Waals surface area contributed by atoms with Crippen molar-refractivity contribution in [3.05, 3.63) is 63.1 Å². The number of carbonyl (C=O) groups is 3. The number of oxime groups is 1. The minimum atomic E-state index is -0.971.